The van der Waals surface area contributed by atoms with Crippen molar-refractivity contribution in [2.75, 3.05) is 27.8 Å². The summed E-state index contributed by atoms with van der Waals surface area (Å²) in [4.78, 5) is 11.2. The average molecular weight is 466 g/mol. The van der Waals surface area contributed by atoms with Crippen molar-refractivity contribution < 1.29 is 33.9 Å². The van der Waals surface area contributed by atoms with E-state index < -0.39 is 10.6 Å². The SMILES string of the molecule is COc1cc2c(cc1OC)[C@@H](Cc1ccc(Oc3cc(C(=O)O)ccc3O)cc1)[N+](C)([O-])CC2. The van der Waals surface area contributed by atoms with Crippen LogP contribution in [0.5, 0.6) is 28.7 Å². The maximum atomic E-state index is 13.4. The van der Waals surface area contributed by atoms with Gasteiger partial charge in [-0.1, -0.05) is 12.1 Å². The molecule has 178 valence electrons. The monoisotopic (exact) mass is 465 g/mol. The van der Waals surface area contributed by atoms with Gasteiger partial charge in [0.1, 0.15) is 11.8 Å². The summed E-state index contributed by atoms with van der Waals surface area (Å²) >= 11 is 0. The number of carboxylic acid groups (broad SMARTS) is 1. The molecule has 0 saturated heterocycles. The quantitative estimate of drug-likeness (QED) is 0.385. The van der Waals surface area contributed by atoms with E-state index in [9.17, 15) is 15.1 Å². The minimum Gasteiger partial charge on any atom is -0.633 e. The lowest BCUT2D eigenvalue weighted by Crippen LogP contribution is -2.47. The summed E-state index contributed by atoms with van der Waals surface area (Å²) in [6.45, 7) is 0.466. The molecule has 0 aromatic heterocycles. The van der Waals surface area contributed by atoms with Gasteiger partial charge in [-0.05, 0) is 53.6 Å². The van der Waals surface area contributed by atoms with Gasteiger partial charge in [0.25, 0.3) is 0 Å². The fraction of sp³-hybridized carbons (Fsp3) is 0.269. The standard InChI is InChI=1S/C26H27NO7/c1-27(31)11-10-17-13-24(32-2)25(33-3)15-20(17)21(27)12-16-4-7-19(8-5-16)34-23-14-18(26(29)30)6-9-22(23)28/h4-9,13-15,21,28H,10-12H2,1-3H3,(H,29,30)/t21-,27?/m1/s1. The van der Waals surface area contributed by atoms with Crippen LogP contribution < -0.4 is 14.2 Å². The Labute approximate surface area is 197 Å². The second-order valence-electron chi connectivity index (χ2n) is 8.51. The Morgan fingerprint density at radius 1 is 1.03 bits per heavy atom. The van der Waals surface area contributed by atoms with Crippen molar-refractivity contribution in [3.63, 3.8) is 0 Å². The van der Waals surface area contributed by atoms with E-state index in [-0.39, 0.29) is 23.1 Å². The van der Waals surface area contributed by atoms with Crippen LogP contribution in [0.4, 0.5) is 0 Å². The molecule has 0 fully saturated rings. The first-order valence-corrected chi connectivity index (χ1v) is 10.9. The maximum absolute atomic E-state index is 13.4. The fourth-order valence-electron chi connectivity index (χ4n) is 4.33. The third-order valence-corrected chi connectivity index (χ3v) is 6.28. The number of phenols is 1. The highest BCUT2D eigenvalue weighted by atomic mass is 16.5. The minimum atomic E-state index is -1.11. The van der Waals surface area contributed by atoms with E-state index in [4.69, 9.17) is 19.3 Å². The number of carbonyl (C=O) groups is 1. The lowest BCUT2D eigenvalue weighted by atomic mass is 9.88. The zero-order valence-corrected chi connectivity index (χ0v) is 19.3. The van der Waals surface area contributed by atoms with E-state index >= 15 is 0 Å². The summed E-state index contributed by atoms with van der Waals surface area (Å²) in [5, 5.41) is 32.5. The number of fused-ring (bicyclic) bond motifs is 1. The van der Waals surface area contributed by atoms with Crippen molar-refractivity contribution >= 4 is 5.97 Å². The third-order valence-electron chi connectivity index (χ3n) is 6.28. The molecule has 8 heteroatoms. The normalized spacial score (nSPS) is 19.2. The first kappa shape index (κ1) is 23.4. The number of nitrogens with zero attached hydrogens (tertiary/aromatic N) is 1. The number of ether oxygens (including phenoxy) is 3. The molecule has 4 rings (SSSR count). The van der Waals surface area contributed by atoms with E-state index in [1.54, 1.807) is 33.4 Å². The Bertz CT molecular complexity index is 1200. The van der Waals surface area contributed by atoms with Crippen LogP contribution >= 0.6 is 0 Å². The van der Waals surface area contributed by atoms with Gasteiger partial charge >= 0.3 is 5.97 Å². The van der Waals surface area contributed by atoms with Gasteiger partial charge in [0.2, 0.25) is 0 Å². The van der Waals surface area contributed by atoms with Crippen molar-refractivity contribution in [3.05, 3.63) is 82.1 Å². The summed E-state index contributed by atoms with van der Waals surface area (Å²) in [6.07, 6.45) is 1.18. The molecule has 1 aliphatic heterocycles. The molecule has 1 aliphatic rings. The van der Waals surface area contributed by atoms with Crippen molar-refractivity contribution in [2.45, 2.75) is 18.9 Å². The van der Waals surface area contributed by atoms with Crippen molar-refractivity contribution in [1.29, 1.82) is 0 Å². The summed E-state index contributed by atoms with van der Waals surface area (Å²) in [6, 6.07) is 14.6. The fourth-order valence-corrected chi connectivity index (χ4v) is 4.33. The number of quaternary nitrogens is 1. The highest BCUT2D eigenvalue weighted by molar-refractivity contribution is 5.88. The average Bonchev–Trinajstić information content (AvgIpc) is 2.82. The van der Waals surface area contributed by atoms with Crippen LogP contribution in [0.3, 0.4) is 0 Å². The van der Waals surface area contributed by atoms with Crippen molar-refractivity contribution in [3.8, 4) is 28.7 Å². The first-order chi connectivity index (χ1) is 16.2. The molecule has 8 nitrogen and oxygen atoms in total. The number of hydroxylamine groups is 3. The number of phenolic OH excluding ortho intramolecular Hbond substituents is 1. The second-order valence-corrected chi connectivity index (χ2v) is 8.51. The number of aromatic hydroxyl groups is 1. The highest BCUT2D eigenvalue weighted by Gasteiger charge is 2.34. The molecule has 0 bridgehead atoms. The number of methoxy groups -OCH3 is 2. The van der Waals surface area contributed by atoms with E-state index in [0.29, 0.717) is 36.6 Å². The van der Waals surface area contributed by atoms with Crippen LogP contribution in [0.2, 0.25) is 0 Å². The van der Waals surface area contributed by atoms with Gasteiger partial charge in [-0.25, -0.2) is 4.79 Å². The van der Waals surface area contributed by atoms with Crippen LogP contribution in [0.25, 0.3) is 0 Å². The van der Waals surface area contributed by atoms with Gasteiger partial charge in [0.05, 0.1) is 33.4 Å². The molecule has 3 aromatic rings. The minimum absolute atomic E-state index is 0.0138. The summed E-state index contributed by atoms with van der Waals surface area (Å²) < 4.78 is 16.2. The smallest absolute Gasteiger partial charge is 0.335 e. The first-order valence-electron chi connectivity index (χ1n) is 10.9. The van der Waals surface area contributed by atoms with Crippen LogP contribution in [0.1, 0.15) is 33.1 Å². The molecule has 3 aromatic carbocycles. The summed E-state index contributed by atoms with van der Waals surface area (Å²) in [5.74, 6) is 0.479. The molecule has 1 unspecified atom stereocenters. The zero-order valence-electron chi connectivity index (χ0n) is 19.3. The predicted octanol–water partition coefficient (Wildman–Crippen LogP) is 4.68. The van der Waals surface area contributed by atoms with Gasteiger partial charge in [0, 0.05) is 18.4 Å². The predicted molar refractivity (Wildman–Crippen MR) is 126 cm³/mol. The Morgan fingerprint density at radius 3 is 2.35 bits per heavy atom. The molecule has 1 heterocycles. The second kappa shape index (κ2) is 9.24. The number of carboxylic acids is 1. The summed E-state index contributed by atoms with van der Waals surface area (Å²) in [5.41, 5.74) is 3.00. The van der Waals surface area contributed by atoms with Gasteiger partial charge in [-0.2, -0.15) is 0 Å². The van der Waals surface area contributed by atoms with Gasteiger partial charge in [0.15, 0.2) is 23.0 Å². The zero-order chi connectivity index (χ0) is 24.5. The van der Waals surface area contributed by atoms with Crippen LogP contribution in [0, 0.1) is 5.21 Å². The molecule has 2 N–H and O–H groups in total. The Kier molecular flexibility index (Phi) is 6.37. The molecule has 0 radical (unpaired) electrons. The van der Waals surface area contributed by atoms with Crippen molar-refractivity contribution in [1.82, 2.24) is 0 Å². The number of aromatic carboxylic acids is 1. The Balaban J connectivity index is 1.58. The number of likely N-dealkylation sites (N-methyl/N-ethyl adjacent to an activating group) is 1. The number of hydrogen-bond acceptors (Lipinski definition) is 6. The van der Waals surface area contributed by atoms with E-state index in [0.717, 1.165) is 16.7 Å². The van der Waals surface area contributed by atoms with Gasteiger partial charge in [-0.15, -0.1) is 0 Å². The molecule has 0 amide bonds. The van der Waals surface area contributed by atoms with E-state index in [2.05, 4.69) is 0 Å². The van der Waals surface area contributed by atoms with E-state index in [1.165, 1.54) is 18.2 Å². The lowest BCUT2D eigenvalue weighted by molar-refractivity contribution is -0.894. The largest absolute Gasteiger partial charge is 0.633 e. The molecular formula is C26H27NO7. The Morgan fingerprint density at radius 2 is 1.71 bits per heavy atom. The number of hydrogen-bond donors (Lipinski definition) is 2. The number of rotatable bonds is 7. The summed E-state index contributed by atoms with van der Waals surface area (Å²) in [7, 11) is 4.87. The van der Waals surface area contributed by atoms with E-state index in [1.807, 2.05) is 24.3 Å². The maximum Gasteiger partial charge on any atom is 0.335 e. The third kappa shape index (κ3) is 4.64. The topological polar surface area (TPSA) is 108 Å². The van der Waals surface area contributed by atoms with Crippen LogP contribution in [0.15, 0.2) is 54.6 Å². The molecule has 0 spiro atoms. The lowest BCUT2D eigenvalue weighted by Gasteiger charge is -2.49. The van der Waals surface area contributed by atoms with Crippen LogP contribution in [-0.4, -0.2) is 48.6 Å². The molecule has 0 aliphatic carbocycles. The molecular weight excluding hydrogens is 438 g/mol. The highest BCUT2D eigenvalue weighted by Crippen LogP contribution is 2.42. The van der Waals surface area contributed by atoms with Gasteiger partial charge in [-0.3, -0.25) is 0 Å². The Hall–Kier alpha value is -3.75. The molecule has 2 atom stereocenters. The number of benzene rings is 3. The van der Waals surface area contributed by atoms with Crippen molar-refractivity contribution in [2.24, 2.45) is 0 Å². The van der Waals surface area contributed by atoms with Crippen LogP contribution in [-0.2, 0) is 12.8 Å². The molecule has 34 heavy (non-hydrogen) atoms. The molecule has 0 saturated carbocycles. The van der Waals surface area contributed by atoms with Gasteiger partial charge < -0.3 is 34.3 Å².